The molecule has 0 spiro atoms. The minimum atomic E-state index is -0.748. The van der Waals surface area contributed by atoms with Crippen LogP contribution in [0.5, 0.6) is 0 Å². The highest BCUT2D eigenvalue weighted by Gasteiger charge is 2.14. The lowest BCUT2D eigenvalue weighted by atomic mass is 10.1. The van der Waals surface area contributed by atoms with Crippen LogP contribution < -0.4 is 5.32 Å². The summed E-state index contributed by atoms with van der Waals surface area (Å²) in [5, 5.41) is 2.19. The van der Waals surface area contributed by atoms with Crippen molar-refractivity contribution in [2.75, 3.05) is 6.67 Å². The number of hydrogen-bond donors (Lipinski definition) is 1. The van der Waals surface area contributed by atoms with Gasteiger partial charge in [0, 0.05) is 0 Å². The number of amides is 1. The fraction of sp³-hybridized carbons (Fsp3) is 0.800. The average molecular weight is 118 g/mol. The van der Waals surface area contributed by atoms with E-state index in [1.165, 1.54) is 6.41 Å². The lowest BCUT2D eigenvalue weighted by Crippen LogP contribution is -2.40. The van der Waals surface area contributed by atoms with Crippen molar-refractivity contribution in [1.29, 1.82) is 0 Å². The summed E-state index contributed by atoms with van der Waals surface area (Å²) in [4.78, 5) is 9.58. The first-order valence-electron chi connectivity index (χ1n) is 2.32. The number of carbonyl (C=O) groups excluding carboxylic acids is 1. The van der Waals surface area contributed by atoms with Crippen LogP contribution >= 0.6 is 0 Å². The van der Waals surface area contributed by atoms with Gasteiger partial charge in [-0.15, -0.1) is 0 Å². The highest BCUT2D eigenvalue weighted by Crippen LogP contribution is 1.99. The molecule has 0 unspecified atom stereocenters. The molecule has 0 aliphatic carbocycles. The molecule has 0 aromatic rings. The van der Waals surface area contributed by atoms with Crippen LogP contribution in [0.3, 0.4) is 0 Å². The van der Waals surface area contributed by atoms with Gasteiger partial charge >= 0.3 is 6.41 Å². The van der Waals surface area contributed by atoms with Crippen molar-refractivity contribution < 1.29 is 9.18 Å². The van der Waals surface area contributed by atoms with Gasteiger partial charge in [0.2, 0.25) is 0 Å². The summed E-state index contributed by atoms with van der Waals surface area (Å²) in [5.74, 6) is 0. The zero-order valence-corrected chi connectivity index (χ0v) is 4.99. The van der Waals surface area contributed by atoms with Crippen LogP contribution in [0.15, 0.2) is 0 Å². The van der Waals surface area contributed by atoms with Gasteiger partial charge in [0.25, 0.3) is 0 Å². The molecule has 0 aliphatic heterocycles. The summed E-state index contributed by atoms with van der Waals surface area (Å²) in [5.41, 5.74) is -0.748. The maximum Gasteiger partial charge on any atom is 0.309 e. The first-order chi connectivity index (χ1) is 3.62. The predicted molar refractivity (Wildman–Crippen MR) is 28.9 cm³/mol. The molecule has 0 atom stereocenters. The molecule has 2 nitrogen and oxygen atoms in total. The minimum Gasteiger partial charge on any atom is -0.340 e. The number of nitrogens with one attached hydrogen (secondary N) is 1. The van der Waals surface area contributed by atoms with Gasteiger partial charge in [-0.3, -0.25) is 4.79 Å². The Bertz CT molecular complexity index is 82.5. The fourth-order valence-electron chi connectivity index (χ4n) is 0.172. The average Bonchev–Trinajstić information content (AvgIpc) is 1.67. The van der Waals surface area contributed by atoms with Crippen molar-refractivity contribution in [3.05, 3.63) is 0 Å². The van der Waals surface area contributed by atoms with Crippen LogP contribution in [0.25, 0.3) is 0 Å². The summed E-state index contributed by atoms with van der Waals surface area (Å²) in [6.45, 7) is 2.60. The smallest absolute Gasteiger partial charge is 0.309 e. The number of halogens is 1. The Hall–Kier alpha value is -0.600. The molecule has 0 fully saturated rings. The molecule has 0 aromatic carbocycles. The fourth-order valence-corrected chi connectivity index (χ4v) is 0.172. The molecule has 1 amide bonds. The van der Waals surface area contributed by atoms with E-state index in [0.29, 0.717) is 0 Å². The topological polar surface area (TPSA) is 29.1 Å². The van der Waals surface area contributed by atoms with Crippen LogP contribution in [-0.4, -0.2) is 18.6 Å². The number of rotatable bonds is 3. The lowest BCUT2D eigenvalue weighted by Gasteiger charge is -2.17. The molecule has 0 rings (SSSR count). The zero-order valence-electron chi connectivity index (χ0n) is 4.99. The molecule has 3 heteroatoms. The van der Waals surface area contributed by atoms with Gasteiger partial charge in [-0.2, -0.15) is 0 Å². The van der Waals surface area contributed by atoms with E-state index < -0.39 is 12.2 Å². The zero-order chi connectivity index (χ0) is 6.62. The van der Waals surface area contributed by atoms with Crippen LogP contribution in [0.4, 0.5) is 4.39 Å². The van der Waals surface area contributed by atoms with Gasteiger partial charge in [0.05, 0.1) is 5.54 Å². The SMILES string of the molecule is CC(C)(CF)N[C]=O. The summed E-state index contributed by atoms with van der Waals surface area (Å²) in [7, 11) is 0. The second kappa shape index (κ2) is 2.64. The third-order valence-electron chi connectivity index (χ3n) is 0.723. The quantitative estimate of drug-likeness (QED) is 0.534. The molecular formula is C5H9FNO. The normalized spacial score (nSPS) is 10.9. The van der Waals surface area contributed by atoms with E-state index in [-0.39, 0.29) is 0 Å². The van der Waals surface area contributed by atoms with Crippen molar-refractivity contribution in [1.82, 2.24) is 5.32 Å². The van der Waals surface area contributed by atoms with E-state index in [2.05, 4.69) is 5.32 Å². The Morgan fingerprint density at radius 1 is 1.75 bits per heavy atom. The molecule has 1 radical (unpaired) electrons. The van der Waals surface area contributed by atoms with E-state index >= 15 is 0 Å². The van der Waals surface area contributed by atoms with Gasteiger partial charge < -0.3 is 5.32 Å². The third-order valence-corrected chi connectivity index (χ3v) is 0.723. The van der Waals surface area contributed by atoms with E-state index in [9.17, 15) is 9.18 Å². The lowest BCUT2D eigenvalue weighted by molar-refractivity contribution is 0.319. The Balaban J connectivity index is 3.53. The van der Waals surface area contributed by atoms with Gasteiger partial charge in [0.1, 0.15) is 6.67 Å². The molecule has 0 aliphatic rings. The minimum absolute atomic E-state index is 0.567. The summed E-state index contributed by atoms with van der Waals surface area (Å²) < 4.78 is 11.7. The Labute approximate surface area is 48.1 Å². The summed E-state index contributed by atoms with van der Waals surface area (Å²) >= 11 is 0. The van der Waals surface area contributed by atoms with Gasteiger partial charge in [-0.1, -0.05) is 0 Å². The van der Waals surface area contributed by atoms with Crippen LogP contribution in [0.1, 0.15) is 13.8 Å². The van der Waals surface area contributed by atoms with E-state index in [1.54, 1.807) is 13.8 Å². The molecule has 0 bridgehead atoms. The first-order valence-corrected chi connectivity index (χ1v) is 2.32. The highest BCUT2D eigenvalue weighted by molar-refractivity contribution is 5.48. The van der Waals surface area contributed by atoms with Crippen molar-refractivity contribution in [2.24, 2.45) is 0 Å². The van der Waals surface area contributed by atoms with Crippen LogP contribution in [-0.2, 0) is 4.79 Å². The maximum atomic E-state index is 11.7. The molecule has 0 saturated carbocycles. The molecular weight excluding hydrogens is 109 g/mol. The van der Waals surface area contributed by atoms with Crippen molar-refractivity contribution in [3.8, 4) is 0 Å². The standard InChI is InChI=1S/C5H9FNO/c1-5(2,3-6)7-4-8/h3H2,1-2H3,(H,7,8). The predicted octanol–water partition coefficient (Wildman–Crippen LogP) is 0.391. The van der Waals surface area contributed by atoms with E-state index in [1.807, 2.05) is 0 Å². The van der Waals surface area contributed by atoms with Crippen LogP contribution in [0, 0.1) is 0 Å². The molecule has 8 heavy (non-hydrogen) atoms. The molecule has 0 aromatic heterocycles. The second-order valence-electron chi connectivity index (χ2n) is 2.24. The van der Waals surface area contributed by atoms with E-state index in [0.717, 1.165) is 0 Å². The first kappa shape index (κ1) is 7.40. The van der Waals surface area contributed by atoms with Gasteiger partial charge in [0.15, 0.2) is 0 Å². The van der Waals surface area contributed by atoms with Crippen molar-refractivity contribution in [3.63, 3.8) is 0 Å². The monoisotopic (exact) mass is 118 g/mol. The second-order valence-corrected chi connectivity index (χ2v) is 2.24. The van der Waals surface area contributed by atoms with E-state index in [4.69, 9.17) is 0 Å². The van der Waals surface area contributed by atoms with Gasteiger partial charge in [-0.05, 0) is 13.8 Å². The summed E-state index contributed by atoms with van der Waals surface area (Å²) in [6, 6.07) is 0. The third kappa shape index (κ3) is 2.55. The van der Waals surface area contributed by atoms with Crippen molar-refractivity contribution in [2.45, 2.75) is 19.4 Å². The molecule has 1 N–H and O–H groups in total. The van der Waals surface area contributed by atoms with Crippen molar-refractivity contribution >= 4 is 6.41 Å². The molecule has 0 saturated heterocycles. The Kier molecular flexibility index (Phi) is 2.45. The molecule has 0 heterocycles. The Morgan fingerprint density at radius 3 is 2.38 bits per heavy atom. The largest absolute Gasteiger partial charge is 0.340 e. The number of hydrogen-bond acceptors (Lipinski definition) is 1. The van der Waals surface area contributed by atoms with Crippen LogP contribution in [0.2, 0.25) is 0 Å². The number of alkyl halides is 1. The molecule has 47 valence electrons. The Morgan fingerprint density at radius 2 is 2.25 bits per heavy atom. The highest BCUT2D eigenvalue weighted by atomic mass is 19.1. The maximum absolute atomic E-state index is 11.7. The van der Waals surface area contributed by atoms with Gasteiger partial charge in [-0.25, -0.2) is 4.39 Å². The summed E-state index contributed by atoms with van der Waals surface area (Å²) in [6.07, 6.45) is 1.42.